The highest BCUT2D eigenvalue weighted by Gasteiger charge is 2.39. The van der Waals surface area contributed by atoms with Gasteiger partial charge in [-0.1, -0.05) is 6.92 Å². The maximum absolute atomic E-state index is 5.45. The lowest BCUT2D eigenvalue weighted by Crippen LogP contribution is -2.56. The molecule has 1 heterocycles. The molecule has 0 bridgehead atoms. The third kappa shape index (κ3) is 1.94. The van der Waals surface area contributed by atoms with Gasteiger partial charge in [0, 0.05) is 25.1 Å². The molecule has 11 heavy (non-hydrogen) atoms. The normalized spacial score (nSPS) is 23.2. The summed E-state index contributed by atoms with van der Waals surface area (Å²) < 4.78 is 5.45. The Morgan fingerprint density at radius 1 is 1.36 bits per heavy atom. The molecule has 0 aromatic rings. The molecule has 0 aromatic carbocycles. The third-order valence-electron chi connectivity index (χ3n) is 2.57. The van der Waals surface area contributed by atoms with E-state index in [4.69, 9.17) is 4.74 Å². The fourth-order valence-corrected chi connectivity index (χ4v) is 1.83. The number of nitrogens with zero attached hydrogens (tertiary/aromatic N) is 1. The summed E-state index contributed by atoms with van der Waals surface area (Å²) >= 11 is 0. The Labute approximate surface area is 69.5 Å². The van der Waals surface area contributed by atoms with Crippen LogP contribution in [0.1, 0.15) is 20.3 Å². The van der Waals surface area contributed by atoms with Crippen LogP contribution in [-0.4, -0.2) is 38.3 Å². The zero-order valence-electron chi connectivity index (χ0n) is 7.89. The average molecular weight is 157 g/mol. The molecule has 0 aromatic heterocycles. The fraction of sp³-hybridized carbons (Fsp3) is 1.00. The summed E-state index contributed by atoms with van der Waals surface area (Å²) in [5.41, 5.74) is 0.491. The Hall–Kier alpha value is -0.0800. The molecule has 0 aliphatic carbocycles. The van der Waals surface area contributed by atoms with Gasteiger partial charge in [0.15, 0.2) is 0 Å². The molecule has 1 aliphatic heterocycles. The number of likely N-dealkylation sites (tertiary alicyclic amines) is 1. The standard InChI is InChI=1S/C9H19NO/c1-4-9(8-11-5-2)6-10(3)7-9/h4-8H2,1-3H3. The van der Waals surface area contributed by atoms with Crippen molar-refractivity contribution in [1.29, 1.82) is 0 Å². The minimum Gasteiger partial charge on any atom is -0.381 e. The summed E-state index contributed by atoms with van der Waals surface area (Å²) in [7, 11) is 2.17. The van der Waals surface area contributed by atoms with E-state index in [9.17, 15) is 0 Å². The number of rotatable bonds is 4. The van der Waals surface area contributed by atoms with Gasteiger partial charge in [-0.15, -0.1) is 0 Å². The molecule has 1 rings (SSSR count). The number of hydrogen-bond acceptors (Lipinski definition) is 2. The first-order valence-electron chi connectivity index (χ1n) is 4.49. The van der Waals surface area contributed by atoms with Crippen molar-refractivity contribution in [1.82, 2.24) is 4.90 Å². The van der Waals surface area contributed by atoms with Crippen LogP contribution in [0.25, 0.3) is 0 Å². The first-order chi connectivity index (χ1) is 5.22. The van der Waals surface area contributed by atoms with Crippen molar-refractivity contribution in [2.75, 3.05) is 33.4 Å². The lowest BCUT2D eigenvalue weighted by molar-refractivity contribution is -0.0535. The molecule has 0 radical (unpaired) electrons. The minimum atomic E-state index is 0.491. The quantitative estimate of drug-likeness (QED) is 0.611. The molecule has 66 valence electrons. The smallest absolute Gasteiger partial charge is 0.0546 e. The van der Waals surface area contributed by atoms with Gasteiger partial charge in [0.1, 0.15) is 0 Å². The lowest BCUT2D eigenvalue weighted by Gasteiger charge is -2.48. The van der Waals surface area contributed by atoms with Gasteiger partial charge < -0.3 is 9.64 Å². The molecule has 0 unspecified atom stereocenters. The molecule has 0 spiro atoms. The molecular formula is C9H19NO. The SMILES string of the molecule is CCOCC1(CC)CN(C)C1. The maximum atomic E-state index is 5.45. The number of hydrogen-bond donors (Lipinski definition) is 0. The minimum absolute atomic E-state index is 0.491. The summed E-state index contributed by atoms with van der Waals surface area (Å²) in [6.07, 6.45) is 1.25. The Balaban J connectivity index is 2.26. The molecule has 1 aliphatic rings. The van der Waals surface area contributed by atoms with E-state index in [1.807, 2.05) is 0 Å². The summed E-state index contributed by atoms with van der Waals surface area (Å²) in [5.74, 6) is 0. The van der Waals surface area contributed by atoms with Crippen molar-refractivity contribution in [2.45, 2.75) is 20.3 Å². The lowest BCUT2D eigenvalue weighted by atomic mass is 9.78. The first kappa shape index (κ1) is 9.01. The van der Waals surface area contributed by atoms with Crippen LogP contribution in [-0.2, 0) is 4.74 Å². The van der Waals surface area contributed by atoms with Crippen molar-refractivity contribution in [3.8, 4) is 0 Å². The Bertz CT molecular complexity index is 119. The molecule has 1 fully saturated rings. The molecule has 1 saturated heterocycles. The van der Waals surface area contributed by atoms with E-state index in [-0.39, 0.29) is 0 Å². The topological polar surface area (TPSA) is 12.5 Å². The molecule has 2 heteroatoms. The monoisotopic (exact) mass is 157 g/mol. The molecule has 0 amide bonds. The summed E-state index contributed by atoms with van der Waals surface area (Å²) in [4.78, 5) is 2.35. The predicted octanol–water partition coefficient (Wildman–Crippen LogP) is 1.36. The van der Waals surface area contributed by atoms with E-state index in [1.165, 1.54) is 19.5 Å². The highest BCUT2D eigenvalue weighted by molar-refractivity contribution is 4.92. The largest absolute Gasteiger partial charge is 0.381 e. The zero-order chi connectivity index (χ0) is 8.32. The third-order valence-corrected chi connectivity index (χ3v) is 2.57. The van der Waals surface area contributed by atoms with Gasteiger partial charge in [-0.3, -0.25) is 0 Å². The van der Waals surface area contributed by atoms with Crippen molar-refractivity contribution in [3.63, 3.8) is 0 Å². The molecule has 0 atom stereocenters. The van der Waals surface area contributed by atoms with Crippen LogP contribution in [0.2, 0.25) is 0 Å². The van der Waals surface area contributed by atoms with Gasteiger partial charge in [-0.2, -0.15) is 0 Å². The molecule has 0 N–H and O–H groups in total. The first-order valence-corrected chi connectivity index (χ1v) is 4.49. The summed E-state index contributed by atoms with van der Waals surface area (Å²) in [5, 5.41) is 0. The highest BCUT2D eigenvalue weighted by atomic mass is 16.5. The van der Waals surface area contributed by atoms with E-state index in [1.54, 1.807) is 0 Å². The molecule has 2 nitrogen and oxygen atoms in total. The predicted molar refractivity (Wildman–Crippen MR) is 46.7 cm³/mol. The second kappa shape index (κ2) is 3.55. The van der Waals surface area contributed by atoms with Crippen LogP contribution < -0.4 is 0 Å². The van der Waals surface area contributed by atoms with Crippen LogP contribution in [0.15, 0.2) is 0 Å². The van der Waals surface area contributed by atoms with E-state index < -0.39 is 0 Å². The average Bonchev–Trinajstić information content (AvgIpc) is 1.96. The Morgan fingerprint density at radius 3 is 2.36 bits per heavy atom. The van der Waals surface area contributed by atoms with Gasteiger partial charge in [-0.25, -0.2) is 0 Å². The van der Waals surface area contributed by atoms with E-state index in [0.29, 0.717) is 5.41 Å². The molecule has 0 saturated carbocycles. The highest BCUT2D eigenvalue weighted by Crippen LogP contribution is 2.32. The van der Waals surface area contributed by atoms with E-state index >= 15 is 0 Å². The van der Waals surface area contributed by atoms with Crippen LogP contribution in [0.5, 0.6) is 0 Å². The Kier molecular flexibility index (Phi) is 2.90. The van der Waals surface area contributed by atoms with E-state index in [2.05, 4.69) is 25.8 Å². The van der Waals surface area contributed by atoms with Crippen molar-refractivity contribution < 1.29 is 4.74 Å². The van der Waals surface area contributed by atoms with Crippen LogP contribution in [0.4, 0.5) is 0 Å². The van der Waals surface area contributed by atoms with Gasteiger partial charge in [0.25, 0.3) is 0 Å². The van der Waals surface area contributed by atoms with Gasteiger partial charge in [-0.05, 0) is 20.4 Å². The van der Waals surface area contributed by atoms with Gasteiger partial charge in [0.2, 0.25) is 0 Å². The van der Waals surface area contributed by atoms with Gasteiger partial charge in [0.05, 0.1) is 6.61 Å². The fourth-order valence-electron chi connectivity index (χ4n) is 1.83. The summed E-state index contributed by atoms with van der Waals surface area (Å²) in [6.45, 7) is 8.54. The molecular weight excluding hydrogens is 138 g/mol. The zero-order valence-corrected chi connectivity index (χ0v) is 7.89. The van der Waals surface area contributed by atoms with Crippen LogP contribution in [0.3, 0.4) is 0 Å². The van der Waals surface area contributed by atoms with Crippen molar-refractivity contribution >= 4 is 0 Å². The van der Waals surface area contributed by atoms with Crippen LogP contribution >= 0.6 is 0 Å². The number of ether oxygens (including phenoxy) is 1. The second-order valence-corrected chi connectivity index (χ2v) is 3.66. The van der Waals surface area contributed by atoms with Crippen molar-refractivity contribution in [3.05, 3.63) is 0 Å². The van der Waals surface area contributed by atoms with Crippen LogP contribution in [0, 0.1) is 5.41 Å². The van der Waals surface area contributed by atoms with Gasteiger partial charge >= 0.3 is 0 Å². The second-order valence-electron chi connectivity index (χ2n) is 3.66. The van der Waals surface area contributed by atoms with E-state index in [0.717, 1.165) is 13.2 Å². The summed E-state index contributed by atoms with van der Waals surface area (Å²) in [6, 6.07) is 0. The Morgan fingerprint density at radius 2 is 2.00 bits per heavy atom. The van der Waals surface area contributed by atoms with Crippen molar-refractivity contribution in [2.24, 2.45) is 5.41 Å². The maximum Gasteiger partial charge on any atom is 0.0546 e.